The third kappa shape index (κ3) is 3.65. The zero-order valence-electron chi connectivity index (χ0n) is 22.1. The van der Waals surface area contributed by atoms with E-state index in [2.05, 4.69) is 21.2 Å². The van der Waals surface area contributed by atoms with Crippen molar-refractivity contribution in [1.82, 2.24) is 0 Å². The second kappa shape index (κ2) is 9.56. The van der Waals surface area contributed by atoms with E-state index < -0.39 is 23.4 Å². The molecule has 0 aromatic heterocycles. The molecule has 0 aliphatic carbocycles. The summed E-state index contributed by atoms with van der Waals surface area (Å²) in [6, 6.07) is 27.8. The van der Waals surface area contributed by atoms with Gasteiger partial charge in [0.15, 0.2) is 11.6 Å². The van der Waals surface area contributed by atoms with Crippen molar-refractivity contribution in [1.29, 1.82) is 0 Å². The summed E-state index contributed by atoms with van der Waals surface area (Å²) >= 11 is 3.46. The minimum absolute atomic E-state index is 0.229. The van der Waals surface area contributed by atoms with Crippen LogP contribution < -0.4 is 15.0 Å². The summed E-state index contributed by atoms with van der Waals surface area (Å²) in [5, 5.41) is 3.06. The largest absolute Gasteiger partial charge is 0.497 e. The molecule has 7 heteroatoms. The van der Waals surface area contributed by atoms with Crippen molar-refractivity contribution >= 4 is 50.9 Å². The van der Waals surface area contributed by atoms with E-state index in [9.17, 15) is 14.4 Å². The Morgan fingerprint density at radius 3 is 2.27 bits per heavy atom. The van der Waals surface area contributed by atoms with Crippen LogP contribution in [0.4, 0.5) is 11.4 Å². The lowest BCUT2D eigenvalue weighted by Crippen LogP contribution is -2.51. The molecule has 0 radical (unpaired) electrons. The number of methoxy groups -OCH3 is 1. The smallest absolute Gasteiger partial charge is 0.238 e. The van der Waals surface area contributed by atoms with Crippen LogP contribution in [-0.2, 0) is 10.2 Å². The molecule has 1 N–H and O–H groups in total. The monoisotopic (exact) mass is 604 g/mol. The van der Waals surface area contributed by atoms with E-state index in [1.165, 1.54) is 0 Å². The van der Waals surface area contributed by atoms with Gasteiger partial charge in [0.05, 0.1) is 19.1 Å². The Bertz CT molecular complexity index is 1750. The Kier molecular flexibility index (Phi) is 5.94. The lowest BCUT2D eigenvalue weighted by molar-refractivity contribution is -0.121. The molecule has 4 aromatic rings. The molecule has 4 unspecified atom stereocenters. The van der Waals surface area contributed by atoms with Crippen molar-refractivity contribution < 1.29 is 19.1 Å². The first-order valence-electron chi connectivity index (χ1n) is 13.4. The number of para-hydroxylation sites is 2. The number of ether oxygens (including phenoxy) is 1. The van der Waals surface area contributed by atoms with E-state index in [0.717, 1.165) is 21.3 Å². The summed E-state index contributed by atoms with van der Waals surface area (Å²) < 4.78 is 6.15. The fraction of sp³-hybridized carbons (Fsp3) is 0.147. The van der Waals surface area contributed by atoms with Gasteiger partial charge in [-0.25, -0.2) is 0 Å². The summed E-state index contributed by atoms with van der Waals surface area (Å²) in [6.45, 7) is 0. The number of carbonyl (C=O) groups excluding carboxylic acids is 3. The molecule has 0 saturated carbocycles. The van der Waals surface area contributed by atoms with Crippen LogP contribution in [-0.4, -0.2) is 36.7 Å². The Morgan fingerprint density at radius 2 is 1.51 bits per heavy atom. The molecule has 3 heterocycles. The molecule has 4 atom stereocenters. The first-order chi connectivity index (χ1) is 19.9. The predicted molar refractivity (Wildman–Crippen MR) is 162 cm³/mol. The van der Waals surface area contributed by atoms with Crippen LogP contribution in [0.2, 0.25) is 0 Å². The molecule has 1 saturated heterocycles. The lowest BCUT2D eigenvalue weighted by atomic mass is 9.64. The van der Waals surface area contributed by atoms with Crippen LogP contribution in [0, 0.1) is 5.92 Å². The van der Waals surface area contributed by atoms with Crippen molar-refractivity contribution in [3.05, 3.63) is 130 Å². The topological polar surface area (TPSA) is 75.7 Å². The highest BCUT2D eigenvalue weighted by atomic mass is 79.9. The molecular weight excluding hydrogens is 580 g/mol. The van der Waals surface area contributed by atoms with E-state index in [1.54, 1.807) is 55.6 Å². The molecule has 6 nitrogen and oxygen atoms in total. The molecular formula is C34H25BrN2O4. The number of benzene rings is 4. The van der Waals surface area contributed by atoms with Crippen LogP contribution in [0.25, 0.3) is 6.08 Å². The lowest BCUT2D eigenvalue weighted by Gasteiger charge is -2.37. The zero-order valence-corrected chi connectivity index (χ0v) is 23.7. The van der Waals surface area contributed by atoms with Gasteiger partial charge < -0.3 is 15.0 Å². The predicted octanol–water partition coefficient (Wildman–Crippen LogP) is 6.31. The molecule has 0 bridgehead atoms. The second-order valence-corrected chi connectivity index (χ2v) is 11.4. The molecule has 1 fully saturated rings. The number of nitrogens with zero attached hydrogens (tertiary/aromatic N) is 1. The summed E-state index contributed by atoms with van der Waals surface area (Å²) in [5.74, 6) is -1.15. The van der Waals surface area contributed by atoms with Gasteiger partial charge >= 0.3 is 0 Å². The van der Waals surface area contributed by atoms with Crippen LogP contribution in [0.5, 0.6) is 5.75 Å². The summed E-state index contributed by atoms with van der Waals surface area (Å²) in [5.41, 5.74) is 2.68. The quantitative estimate of drug-likeness (QED) is 0.270. The maximum Gasteiger partial charge on any atom is 0.238 e. The summed E-state index contributed by atoms with van der Waals surface area (Å²) in [7, 11) is 1.57. The van der Waals surface area contributed by atoms with Gasteiger partial charge in [0.2, 0.25) is 5.91 Å². The number of anilines is 2. The van der Waals surface area contributed by atoms with Crippen molar-refractivity contribution in [3.8, 4) is 5.75 Å². The number of halogens is 1. The molecule has 1 spiro atoms. The molecule has 7 rings (SSSR count). The van der Waals surface area contributed by atoms with E-state index in [4.69, 9.17) is 4.74 Å². The van der Waals surface area contributed by atoms with Crippen molar-refractivity contribution in [2.45, 2.75) is 17.5 Å². The van der Waals surface area contributed by atoms with Gasteiger partial charge in [-0.1, -0.05) is 76.6 Å². The number of nitrogens with one attached hydrogen (secondary N) is 1. The fourth-order valence-electron chi connectivity index (χ4n) is 6.84. The Labute approximate surface area is 245 Å². The third-order valence-electron chi connectivity index (χ3n) is 8.60. The van der Waals surface area contributed by atoms with Crippen molar-refractivity contribution in [2.24, 2.45) is 5.92 Å². The number of hydrogen-bond acceptors (Lipinski definition) is 5. The standard InChI is InChI=1S/C34H25BrN2O4/c1-41-24-17-12-22(13-18-24)32(39)30-29(31(38)21-10-15-23(35)16-11-21)34(25-7-3-4-8-26(25)36-33(34)40)28-19-14-20-6-2-5-9-27(20)37(28)30/h2-19,28-30H,1H3,(H,36,40). The first kappa shape index (κ1) is 25.5. The number of ketones is 2. The number of amides is 1. The van der Waals surface area contributed by atoms with Crippen LogP contribution in [0.15, 0.2) is 108 Å². The first-order valence-corrected chi connectivity index (χ1v) is 14.2. The van der Waals surface area contributed by atoms with Crippen LogP contribution >= 0.6 is 15.9 Å². The number of Topliss-reactive ketones (excluding diaryl/α,β-unsaturated/α-hetero) is 2. The Balaban J connectivity index is 1.52. The minimum Gasteiger partial charge on any atom is -0.497 e. The van der Waals surface area contributed by atoms with E-state index in [1.807, 2.05) is 65.6 Å². The number of fused-ring (bicyclic) bond motifs is 6. The van der Waals surface area contributed by atoms with E-state index >= 15 is 0 Å². The molecule has 1 amide bonds. The van der Waals surface area contributed by atoms with Gasteiger partial charge in [0.25, 0.3) is 0 Å². The Hall–Kier alpha value is -4.49. The van der Waals surface area contributed by atoms with Crippen LogP contribution in [0.3, 0.4) is 0 Å². The fourth-order valence-corrected chi connectivity index (χ4v) is 7.10. The highest BCUT2D eigenvalue weighted by Crippen LogP contribution is 2.58. The SMILES string of the molecule is COc1ccc(C(=O)C2C(C(=O)c3ccc(Br)cc3)C3(C(=O)Nc4ccccc43)C3C=Cc4ccccc4N23)cc1. The maximum absolute atomic E-state index is 14.8. The second-order valence-electron chi connectivity index (χ2n) is 10.5. The van der Waals surface area contributed by atoms with E-state index in [0.29, 0.717) is 22.6 Å². The Morgan fingerprint density at radius 1 is 0.854 bits per heavy atom. The van der Waals surface area contributed by atoms with Gasteiger partial charge in [0, 0.05) is 27.0 Å². The molecule has 3 aliphatic rings. The molecule has 202 valence electrons. The highest BCUT2D eigenvalue weighted by molar-refractivity contribution is 9.10. The van der Waals surface area contributed by atoms with Crippen molar-refractivity contribution in [2.75, 3.05) is 17.3 Å². The highest BCUT2D eigenvalue weighted by Gasteiger charge is 2.70. The number of rotatable bonds is 5. The average molecular weight is 605 g/mol. The minimum atomic E-state index is -1.34. The summed E-state index contributed by atoms with van der Waals surface area (Å²) in [4.78, 5) is 45.8. The number of carbonyl (C=O) groups is 3. The van der Waals surface area contributed by atoms with Crippen molar-refractivity contribution in [3.63, 3.8) is 0 Å². The van der Waals surface area contributed by atoms with Gasteiger partial charge in [-0.15, -0.1) is 0 Å². The molecule has 41 heavy (non-hydrogen) atoms. The van der Waals surface area contributed by atoms with E-state index in [-0.39, 0.29) is 17.5 Å². The zero-order chi connectivity index (χ0) is 28.3. The van der Waals surface area contributed by atoms with Gasteiger partial charge in [0.1, 0.15) is 17.2 Å². The summed E-state index contributed by atoms with van der Waals surface area (Å²) in [6.07, 6.45) is 3.97. The normalized spacial score (nSPS) is 23.5. The van der Waals surface area contributed by atoms with Gasteiger partial charge in [-0.05, 0) is 59.7 Å². The van der Waals surface area contributed by atoms with Gasteiger partial charge in [-0.3, -0.25) is 14.4 Å². The molecule has 3 aliphatic heterocycles. The average Bonchev–Trinajstić information content (AvgIpc) is 3.49. The third-order valence-corrected chi connectivity index (χ3v) is 9.12. The maximum atomic E-state index is 14.8. The molecule has 4 aromatic carbocycles. The van der Waals surface area contributed by atoms with Crippen LogP contribution in [0.1, 0.15) is 31.8 Å². The number of hydrogen-bond donors (Lipinski definition) is 1. The van der Waals surface area contributed by atoms with Gasteiger partial charge in [-0.2, -0.15) is 0 Å².